The van der Waals surface area contributed by atoms with Gasteiger partial charge >= 0.3 is 0 Å². The van der Waals surface area contributed by atoms with E-state index in [0.717, 1.165) is 19.4 Å². The van der Waals surface area contributed by atoms with Crippen LogP contribution in [0.4, 0.5) is 0 Å². The second-order valence-electron chi connectivity index (χ2n) is 4.56. The van der Waals surface area contributed by atoms with Crippen molar-refractivity contribution in [2.24, 2.45) is 0 Å². The predicted molar refractivity (Wildman–Crippen MR) is 68.2 cm³/mol. The predicted octanol–water partition coefficient (Wildman–Crippen LogP) is 1.99. The number of hydrogen-bond donors (Lipinski definition) is 1. The summed E-state index contributed by atoms with van der Waals surface area (Å²) in [5, 5.41) is 9.08. The molecule has 4 nitrogen and oxygen atoms in total. The van der Waals surface area contributed by atoms with Crippen LogP contribution in [0.1, 0.15) is 40.5 Å². The van der Waals surface area contributed by atoms with Crippen molar-refractivity contribution in [3.63, 3.8) is 0 Å². The van der Waals surface area contributed by atoms with Gasteiger partial charge in [0, 0.05) is 6.61 Å². The molecule has 0 spiro atoms. The number of aliphatic hydroxyl groups excluding tert-OH is 1. The fourth-order valence-corrected chi connectivity index (χ4v) is 1.36. The first kappa shape index (κ1) is 16.8. The van der Waals surface area contributed by atoms with Crippen molar-refractivity contribution in [1.29, 1.82) is 0 Å². The molecule has 0 aliphatic carbocycles. The summed E-state index contributed by atoms with van der Waals surface area (Å²) in [5.41, 5.74) is 0. The molecule has 2 unspecified atom stereocenters. The number of rotatable bonds is 11. The van der Waals surface area contributed by atoms with Gasteiger partial charge in [-0.3, -0.25) is 0 Å². The van der Waals surface area contributed by atoms with E-state index in [2.05, 4.69) is 6.92 Å². The Morgan fingerprint density at radius 1 is 1.12 bits per heavy atom. The minimum absolute atomic E-state index is 0.0107. The standard InChI is InChI=1S/C13H28O4/c1-5-6-7-16-12(4)9-15-10-13(8-14)17-11(2)3/h11-14H,5-10H2,1-4H3. The lowest BCUT2D eigenvalue weighted by atomic mass is 10.3. The van der Waals surface area contributed by atoms with Gasteiger partial charge in [-0.05, 0) is 27.2 Å². The monoisotopic (exact) mass is 248 g/mol. The SMILES string of the molecule is CCCCOC(C)COCC(CO)OC(C)C. The van der Waals surface area contributed by atoms with Gasteiger partial charge in [-0.2, -0.15) is 0 Å². The lowest BCUT2D eigenvalue weighted by Gasteiger charge is -2.19. The Labute approximate surface area is 105 Å². The highest BCUT2D eigenvalue weighted by Gasteiger charge is 2.11. The van der Waals surface area contributed by atoms with Gasteiger partial charge in [0.25, 0.3) is 0 Å². The third-order valence-corrected chi connectivity index (χ3v) is 2.22. The molecule has 0 bridgehead atoms. The largest absolute Gasteiger partial charge is 0.394 e. The van der Waals surface area contributed by atoms with Crippen LogP contribution in [0.25, 0.3) is 0 Å². The summed E-state index contributed by atoms with van der Waals surface area (Å²) in [6.07, 6.45) is 2.19. The van der Waals surface area contributed by atoms with Crippen LogP contribution >= 0.6 is 0 Å². The van der Waals surface area contributed by atoms with Crippen LogP contribution in [0.15, 0.2) is 0 Å². The first-order chi connectivity index (χ1) is 8.10. The fourth-order valence-electron chi connectivity index (χ4n) is 1.36. The summed E-state index contributed by atoms with van der Waals surface area (Å²) in [4.78, 5) is 0. The summed E-state index contributed by atoms with van der Waals surface area (Å²) in [5.74, 6) is 0. The molecule has 0 aromatic carbocycles. The van der Waals surface area contributed by atoms with E-state index in [1.54, 1.807) is 0 Å². The number of ether oxygens (including phenoxy) is 3. The average Bonchev–Trinajstić information content (AvgIpc) is 2.27. The average molecular weight is 248 g/mol. The van der Waals surface area contributed by atoms with Gasteiger partial charge in [-0.25, -0.2) is 0 Å². The third kappa shape index (κ3) is 10.7. The Kier molecular flexibility index (Phi) is 10.9. The summed E-state index contributed by atoms with van der Waals surface area (Å²) < 4.78 is 16.5. The van der Waals surface area contributed by atoms with Crippen molar-refractivity contribution in [2.75, 3.05) is 26.4 Å². The van der Waals surface area contributed by atoms with Crippen molar-refractivity contribution >= 4 is 0 Å². The molecule has 4 heteroatoms. The Hall–Kier alpha value is -0.160. The molecule has 17 heavy (non-hydrogen) atoms. The van der Waals surface area contributed by atoms with Crippen LogP contribution in [-0.2, 0) is 14.2 Å². The molecule has 0 aliphatic rings. The molecule has 0 aliphatic heterocycles. The van der Waals surface area contributed by atoms with Gasteiger partial charge in [-0.15, -0.1) is 0 Å². The Balaban J connectivity index is 3.52. The maximum absolute atomic E-state index is 9.08. The Bertz CT molecular complexity index is 161. The highest BCUT2D eigenvalue weighted by molar-refractivity contribution is 4.57. The maximum Gasteiger partial charge on any atom is 0.104 e. The van der Waals surface area contributed by atoms with E-state index in [1.165, 1.54) is 0 Å². The molecule has 0 aromatic rings. The lowest BCUT2D eigenvalue weighted by molar-refractivity contribution is -0.0839. The van der Waals surface area contributed by atoms with Crippen LogP contribution in [-0.4, -0.2) is 49.8 Å². The molecule has 0 rings (SSSR count). The van der Waals surface area contributed by atoms with Crippen molar-refractivity contribution in [1.82, 2.24) is 0 Å². The molecule has 0 amide bonds. The van der Waals surface area contributed by atoms with Crippen molar-refractivity contribution < 1.29 is 19.3 Å². The molecule has 1 N–H and O–H groups in total. The molecule has 2 atom stereocenters. The van der Waals surface area contributed by atoms with Gasteiger partial charge in [0.15, 0.2) is 0 Å². The van der Waals surface area contributed by atoms with Gasteiger partial charge in [0.2, 0.25) is 0 Å². The number of unbranched alkanes of at least 4 members (excludes halogenated alkanes) is 1. The molecule has 0 saturated carbocycles. The Morgan fingerprint density at radius 3 is 2.35 bits per heavy atom. The van der Waals surface area contributed by atoms with Crippen LogP contribution in [0, 0.1) is 0 Å². The first-order valence-electron chi connectivity index (χ1n) is 6.55. The van der Waals surface area contributed by atoms with Gasteiger partial charge in [0.05, 0.1) is 32.0 Å². The van der Waals surface area contributed by atoms with Crippen molar-refractivity contribution in [3.8, 4) is 0 Å². The zero-order valence-electron chi connectivity index (χ0n) is 11.6. The molecule has 0 radical (unpaired) electrons. The summed E-state index contributed by atoms with van der Waals surface area (Å²) in [7, 11) is 0. The highest BCUT2D eigenvalue weighted by Crippen LogP contribution is 2.00. The van der Waals surface area contributed by atoms with E-state index >= 15 is 0 Å². The minimum atomic E-state index is -0.238. The van der Waals surface area contributed by atoms with Gasteiger partial charge in [0.1, 0.15) is 6.10 Å². The molecule has 104 valence electrons. The molecule has 0 heterocycles. The van der Waals surface area contributed by atoms with Crippen LogP contribution in [0.2, 0.25) is 0 Å². The molecule has 0 aromatic heterocycles. The van der Waals surface area contributed by atoms with E-state index < -0.39 is 0 Å². The summed E-state index contributed by atoms with van der Waals surface area (Å²) in [6, 6.07) is 0. The maximum atomic E-state index is 9.08. The van der Waals surface area contributed by atoms with Gasteiger partial charge < -0.3 is 19.3 Å². The van der Waals surface area contributed by atoms with Crippen LogP contribution in [0.5, 0.6) is 0 Å². The van der Waals surface area contributed by atoms with Crippen LogP contribution in [0.3, 0.4) is 0 Å². The summed E-state index contributed by atoms with van der Waals surface area (Å²) >= 11 is 0. The van der Waals surface area contributed by atoms with Crippen LogP contribution < -0.4 is 0 Å². The quantitative estimate of drug-likeness (QED) is 0.568. The molecular weight excluding hydrogens is 220 g/mol. The van der Waals surface area contributed by atoms with E-state index in [1.807, 2.05) is 20.8 Å². The smallest absolute Gasteiger partial charge is 0.104 e. The van der Waals surface area contributed by atoms with E-state index in [-0.39, 0.29) is 24.9 Å². The molecule has 0 fully saturated rings. The second kappa shape index (κ2) is 11.0. The minimum Gasteiger partial charge on any atom is -0.394 e. The van der Waals surface area contributed by atoms with E-state index in [4.69, 9.17) is 19.3 Å². The lowest BCUT2D eigenvalue weighted by Crippen LogP contribution is -2.29. The molecule has 0 saturated heterocycles. The zero-order valence-corrected chi connectivity index (χ0v) is 11.6. The number of hydrogen-bond acceptors (Lipinski definition) is 4. The van der Waals surface area contributed by atoms with Crippen molar-refractivity contribution in [2.45, 2.75) is 58.8 Å². The first-order valence-corrected chi connectivity index (χ1v) is 6.55. The van der Waals surface area contributed by atoms with Gasteiger partial charge in [-0.1, -0.05) is 13.3 Å². The van der Waals surface area contributed by atoms with Crippen molar-refractivity contribution in [3.05, 3.63) is 0 Å². The third-order valence-electron chi connectivity index (χ3n) is 2.22. The zero-order chi connectivity index (χ0) is 13.1. The Morgan fingerprint density at radius 2 is 1.82 bits per heavy atom. The second-order valence-corrected chi connectivity index (χ2v) is 4.56. The summed E-state index contributed by atoms with van der Waals surface area (Å²) in [6.45, 7) is 9.75. The molecular formula is C13H28O4. The topological polar surface area (TPSA) is 47.9 Å². The normalized spacial score (nSPS) is 15.2. The highest BCUT2D eigenvalue weighted by atomic mass is 16.6. The fraction of sp³-hybridized carbons (Fsp3) is 1.00. The van der Waals surface area contributed by atoms with E-state index in [9.17, 15) is 0 Å². The van der Waals surface area contributed by atoms with E-state index in [0.29, 0.717) is 13.2 Å². The number of aliphatic hydroxyl groups is 1.